The largest absolute Gasteiger partial charge is 0.444 e. The normalized spacial score (nSPS) is 17.3. The molecule has 2 N–H and O–H groups in total. The minimum atomic E-state index is -1.01. The maximum atomic E-state index is 12.8. The van der Waals surface area contributed by atoms with Gasteiger partial charge in [-0.05, 0) is 45.4 Å². The summed E-state index contributed by atoms with van der Waals surface area (Å²) in [6.07, 6.45) is -0.336. The molecular formula is C25H29N3O8. The Morgan fingerprint density at radius 2 is 1.81 bits per heavy atom. The number of rotatable bonds is 8. The van der Waals surface area contributed by atoms with E-state index < -0.39 is 41.4 Å². The fourth-order valence-corrected chi connectivity index (χ4v) is 3.57. The molecule has 1 aromatic rings. The predicted molar refractivity (Wildman–Crippen MR) is 126 cm³/mol. The number of benzene rings is 1. The Bertz CT molecular complexity index is 1110. The summed E-state index contributed by atoms with van der Waals surface area (Å²) < 4.78 is 15.9. The molecule has 0 aliphatic carbocycles. The molecule has 192 valence electrons. The van der Waals surface area contributed by atoms with Crippen LogP contribution in [-0.2, 0) is 23.8 Å². The van der Waals surface area contributed by atoms with Crippen molar-refractivity contribution >= 4 is 29.7 Å². The maximum Gasteiger partial charge on any atom is 0.407 e. The molecule has 1 saturated heterocycles. The van der Waals surface area contributed by atoms with Crippen molar-refractivity contribution in [1.29, 1.82) is 0 Å². The van der Waals surface area contributed by atoms with E-state index in [1.165, 1.54) is 12.1 Å². The van der Waals surface area contributed by atoms with Gasteiger partial charge in [0.15, 0.2) is 0 Å². The molecule has 2 aliphatic heterocycles. The summed E-state index contributed by atoms with van der Waals surface area (Å²) in [5.41, 5.74) is 0.339. The average molecular weight is 500 g/mol. The molecule has 0 saturated carbocycles. The first-order valence-electron chi connectivity index (χ1n) is 11.5. The quantitative estimate of drug-likeness (QED) is 0.307. The highest BCUT2D eigenvalue weighted by Gasteiger charge is 2.44. The standard InChI is InChI=1S/C25H29N3O8/c1-25(2,3)36-24(33)26-10-12-35-14-13-34-11-4-5-16-6-7-17-18(15-16)23(32)28(22(17)31)19-8-9-20(29)27-21(19)30/h6-7,15,19H,8-14H2,1-3H3,(H,26,33)(H,27,29,30). The van der Waals surface area contributed by atoms with E-state index in [1.54, 1.807) is 26.8 Å². The van der Waals surface area contributed by atoms with Crippen LogP contribution in [0.2, 0.25) is 0 Å². The summed E-state index contributed by atoms with van der Waals surface area (Å²) in [5.74, 6) is 3.49. The zero-order valence-electron chi connectivity index (χ0n) is 20.5. The molecule has 11 nitrogen and oxygen atoms in total. The van der Waals surface area contributed by atoms with Gasteiger partial charge in [-0.15, -0.1) is 0 Å². The lowest BCUT2D eigenvalue weighted by atomic mass is 10.0. The van der Waals surface area contributed by atoms with E-state index in [1.807, 2.05) is 0 Å². The predicted octanol–water partition coefficient (Wildman–Crippen LogP) is 0.997. The molecule has 1 aromatic carbocycles. The third-order valence-electron chi connectivity index (χ3n) is 5.13. The summed E-state index contributed by atoms with van der Waals surface area (Å²) in [6.45, 7) is 6.74. The van der Waals surface area contributed by atoms with E-state index in [-0.39, 0.29) is 30.6 Å². The number of hydrogen-bond donors (Lipinski definition) is 2. The van der Waals surface area contributed by atoms with Crippen molar-refractivity contribution in [3.05, 3.63) is 34.9 Å². The van der Waals surface area contributed by atoms with Crippen molar-refractivity contribution in [3.63, 3.8) is 0 Å². The molecule has 36 heavy (non-hydrogen) atoms. The summed E-state index contributed by atoms with van der Waals surface area (Å²) in [4.78, 5) is 61.5. The Balaban J connectivity index is 1.40. The summed E-state index contributed by atoms with van der Waals surface area (Å²) >= 11 is 0. The van der Waals surface area contributed by atoms with Crippen molar-refractivity contribution in [2.24, 2.45) is 0 Å². The summed E-state index contributed by atoms with van der Waals surface area (Å²) in [7, 11) is 0. The van der Waals surface area contributed by atoms with Crippen molar-refractivity contribution < 1.29 is 38.2 Å². The highest BCUT2D eigenvalue weighted by atomic mass is 16.6. The minimum Gasteiger partial charge on any atom is -0.444 e. The van der Waals surface area contributed by atoms with Crippen LogP contribution >= 0.6 is 0 Å². The fraction of sp³-hybridized carbons (Fsp3) is 0.480. The number of fused-ring (bicyclic) bond motifs is 1. The number of imide groups is 2. The van der Waals surface area contributed by atoms with Crippen LogP contribution in [0, 0.1) is 11.8 Å². The van der Waals surface area contributed by atoms with Gasteiger partial charge in [-0.25, -0.2) is 4.79 Å². The molecule has 5 amide bonds. The molecule has 1 fully saturated rings. The number of hydrogen-bond acceptors (Lipinski definition) is 8. The first-order valence-corrected chi connectivity index (χ1v) is 11.5. The van der Waals surface area contributed by atoms with Gasteiger partial charge in [0.25, 0.3) is 11.8 Å². The number of piperidine rings is 1. The lowest BCUT2D eigenvalue weighted by Gasteiger charge is -2.27. The third kappa shape index (κ3) is 7.13. The van der Waals surface area contributed by atoms with Gasteiger partial charge >= 0.3 is 6.09 Å². The lowest BCUT2D eigenvalue weighted by molar-refractivity contribution is -0.136. The lowest BCUT2D eigenvalue weighted by Crippen LogP contribution is -2.54. The van der Waals surface area contributed by atoms with Crippen LogP contribution in [0.3, 0.4) is 0 Å². The van der Waals surface area contributed by atoms with E-state index in [0.29, 0.717) is 31.9 Å². The molecule has 0 aromatic heterocycles. The van der Waals surface area contributed by atoms with Crippen LogP contribution in [0.5, 0.6) is 0 Å². The second-order valence-corrected chi connectivity index (χ2v) is 9.10. The van der Waals surface area contributed by atoms with E-state index in [0.717, 1.165) is 4.90 Å². The van der Waals surface area contributed by atoms with Gasteiger partial charge in [-0.3, -0.25) is 29.4 Å². The van der Waals surface area contributed by atoms with Crippen LogP contribution in [0.15, 0.2) is 18.2 Å². The van der Waals surface area contributed by atoms with E-state index in [4.69, 9.17) is 14.2 Å². The van der Waals surface area contributed by atoms with Crippen molar-refractivity contribution in [2.75, 3.05) is 33.0 Å². The number of nitrogens with one attached hydrogen (secondary N) is 2. The number of alkyl carbamates (subject to hydrolysis) is 1. The highest BCUT2D eigenvalue weighted by molar-refractivity contribution is 6.23. The highest BCUT2D eigenvalue weighted by Crippen LogP contribution is 2.28. The van der Waals surface area contributed by atoms with E-state index in [2.05, 4.69) is 22.5 Å². The molecule has 1 atom stereocenters. The Morgan fingerprint density at radius 1 is 1.08 bits per heavy atom. The molecule has 2 aliphatic rings. The first-order chi connectivity index (χ1) is 17.1. The number of carbonyl (C=O) groups excluding carboxylic acids is 5. The fourth-order valence-electron chi connectivity index (χ4n) is 3.57. The molecule has 3 rings (SSSR count). The van der Waals surface area contributed by atoms with Gasteiger partial charge in [-0.2, -0.15) is 0 Å². The Kier molecular flexibility index (Phi) is 8.79. The molecule has 1 unspecified atom stereocenters. The molecule has 0 bridgehead atoms. The zero-order chi connectivity index (χ0) is 26.3. The monoisotopic (exact) mass is 499 g/mol. The average Bonchev–Trinajstić information content (AvgIpc) is 3.03. The number of ether oxygens (including phenoxy) is 3. The van der Waals surface area contributed by atoms with Crippen LogP contribution in [0.4, 0.5) is 4.79 Å². The molecule has 0 radical (unpaired) electrons. The smallest absolute Gasteiger partial charge is 0.407 e. The van der Waals surface area contributed by atoms with Gasteiger partial charge in [-0.1, -0.05) is 11.8 Å². The molecule has 0 spiro atoms. The van der Waals surface area contributed by atoms with Crippen molar-refractivity contribution in [3.8, 4) is 11.8 Å². The SMILES string of the molecule is CC(C)(C)OC(=O)NCCOCCOCC#Cc1ccc2c(c1)C(=O)N(C1CCC(=O)NC1=O)C2=O. The summed E-state index contributed by atoms with van der Waals surface area (Å²) in [6, 6.07) is 3.63. The van der Waals surface area contributed by atoms with Crippen LogP contribution in [-0.4, -0.2) is 79.2 Å². The third-order valence-corrected chi connectivity index (χ3v) is 5.13. The Labute approximate surface area is 208 Å². The second-order valence-electron chi connectivity index (χ2n) is 9.10. The van der Waals surface area contributed by atoms with Gasteiger partial charge in [0.05, 0.1) is 30.9 Å². The van der Waals surface area contributed by atoms with Crippen molar-refractivity contribution in [1.82, 2.24) is 15.5 Å². The maximum absolute atomic E-state index is 12.8. The van der Waals surface area contributed by atoms with Gasteiger partial charge in [0, 0.05) is 18.5 Å². The molecular weight excluding hydrogens is 470 g/mol. The van der Waals surface area contributed by atoms with E-state index >= 15 is 0 Å². The minimum absolute atomic E-state index is 0.0640. The number of carbonyl (C=O) groups is 5. The van der Waals surface area contributed by atoms with Crippen LogP contribution in [0.1, 0.15) is 59.9 Å². The first kappa shape index (κ1) is 26.8. The van der Waals surface area contributed by atoms with Crippen LogP contribution < -0.4 is 10.6 Å². The summed E-state index contributed by atoms with van der Waals surface area (Å²) in [5, 5.41) is 4.75. The number of nitrogens with zero attached hydrogens (tertiary/aromatic N) is 1. The Morgan fingerprint density at radius 3 is 2.53 bits per heavy atom. The number of amides is 5. The van der Waals surface area contributed by atoms with E-state index in [9.17, 15) is 24.0 Å². The molecule has 2 heterocycles. The van der Waals surface area contributed by atoms with Gasteiger partial charge < -0.3 is 19.5 Å². The van der Waals surface area contributed by atoms with Crippen molar-refractivity contribution in [2.45, 2.75) is 45.3 Å². The van der Waals surface area contributed by atoms with Crippen LogP contribution in [0.25, 0.3) is 0 Å². The van der Waals surface area contributed by atoms with Gasteiger partial charge in [0.2, 0.25) is 11.8 Å². The topological polar surface area (TPSA) is 140 Å². The second kappa shape index (κ2) is 11.8. The zero-order valence-corrected chi connectivity index (χ0v) is 20.5. The molecule has 11 heteroatoms. The Hall–Kier alpha value is -3.75. The van der Waals surface area contributed by atoms with Gasteiger partial charge in [0.1, 0.15) is 18.2 Å².